The molecular formula is C14H14O3. The van der Waals surface area contributed by atoms with Crippen molar-refractivity contribution in [3.8, 4) is 0 Å². The van der Waals surface area contributed by atoms with Crippen molar-refractivity contribution in [1.29, 1.82) is 0 Å². The second-order valence-electron chi connectivity index (χ2n) is 4.52. The Morgan fingerprint density at radius 2 is 1.59 bits per heavy atom. The zero-order valence-electron chi connectivity index (χ0n) is 9.73. The Labute approximate surface area is 99.8 Å². The van der Waals surface area contributed by atoms with Crippen LogP contribution in [-0.4, -0.2) is 17.3 Å². The number of hydrogen-bond donors (Lipinski definition) is 0. The summed E-state index contributed by atoms with van der Waals surface area (Å²) in [5, 5.41) is 0. The van der Waals surface area contributed by atoms with E-state index in [2.05, 4.69) is 0 Å². The Bertz CT molecular complexity index is 458. The monoisotopic (exact) mass is 230 g/mol. The van der Waals surface area contributed by atoms with Gasteiger partial charge < -0.3 is 0 Å². The summed E-state index contributed by atoms with van der Waals surface area (Å²) in [6, 6.07) is 8.54. The third kappa shape index (κ3) is 1.82. The van der Waals surface area contributed by atoms with E-state index in [4.69, 9.17) is 0 Å². The van der Waals surface area contributed by atoms with E-state index in [1.54, 1.807) is 30.3 Å². The van der Waals surface area contributed by atoms with Crippen molar-refractivity contribution >= 4 is 17.3 Å². The van der Waals surface area contributed by atoms with Gasteiger partial charge in [0.25, 0.3) is 0 Å². The predicted octanol–water partition coefficient (Wildman–Crippen LogP) is 2.20. The smallest absolute Gasteiger partial charge is 0.183 e. The van der Waals surface area contributed by atoms with Crippen LogP contribution in [0.2, 0.25) is 0 Å². The molecular weight excluding hydrogens is 216 g/mol. The highest BCUT2D eigenvalue weighted by Crippen LogP contribution is 2.33. The molecule has 2 rings (SSSR count). The summed E-state index contributed by atoms with van der Waals surface area (Å²) in [7, 11) is 0. The van der Waals surface area contributed by atoms with Gasteiger partial charge in [-0.15, -0.1) is 0 Å². The minimum absolute atomic E-state index is 0.248. The number of rotatable bonds is 2. The van der Waals surface area contributed by atoms with Crippen LogP contribution in [0.1, 0.15) is 36.5 Å². The highest BCUT2D eigenvalue weighted by Gasteiger charge is 2.48. The average molecular weight is 230 g/mol. The molecule has 0 radical (unpaired) electrons. The summed E-state index contributed by atoms with van der Waals surface area (Å²) < 4.78 is 0. The molecule has 1 saturated carbocycles. The first-order valence-corrected chi connectivity index (χ1v) is 5.73. The van der Waals surface area contributed by atoms with Crippen LogP contribution in [0.25, 0.3) is 0 Å². The molecule has 1 aliphatic rings. The first kappa shape index (κ1) is 11.7. The van der Waals surface area contributed by atoms with Crippen molar-refractivity contribution in [2.75, 3.05) is 0 Å². The highest BCUT2D eigenvalue weighted by atomic mass is 16.2. The van der Waals surface area contributed by atoms with Crippen LogP contribution in [0.3, 0.4) is 0 Å². The Hall–Kier alpha value is -1.77. The van der Waals surface area contributed by atoms with Crippen molar-refractivity contribution in [2.24, 2.45) is 5.41 Å². The van der Waals surface area contributed by atoms with E-state index in [0.717, 1.165) is 0 Å². The molecule has 1 fully saturated rings. The first-order valence-electron chi connectivity index (χ1n) is 5.73. The summed E-state index contributed by atoms with van der Waals surface area (Å²) >= 11 is 0. The standard InChI is InChI=1S/C14H14O3/c1-14(11(15)8-5-9-12(14)16)13(17)10-6-3-2-4-7-10/h2-4,6-7H,5,8-9H2,1H3. The quantitative estimate of drug-likeness (QED) is 0.578. The Morgan fingerprint density at radius 1 is 1.06 bits per heavy atom. The molecule has 3 heteroatoms. The maximum atomic E-state index is 12.3. The van der Waals surface area contributed by atoms with Crippen molar-refractivity contribution < 1.29 is 14.4 Å². The lowest BCUT2D eigenvalue weighted by Gasteiger charge is -2.28. The fourth-order valence-electron chi connectivity index (χ4n) is 2.20. The third-order valence-corrected chi connectivity index (χ3v) is 3.41. The van der Waals surface area contributed by atoms with E-state index in [0.29, 0.717) is 24.8 Å². The summed E-state index contributed by atoms with van der Waals surface area (Å²) in [5.74, 6) is -0.863. The molecule has 17 heavy (non-hydrogen) atoms. The van der Waals surface area contributed by atoms with Gasteiger partial charge in [0, 0.05) is 18.4 Å². The van der Waals surface area contributed by atoms with Gasteiger partial charge in [-0.05, 0) is 13.3 Å². The molecule has 1 aromatic rings. The molecule has 0 aliphatic heterocycles. The molecule has 88 valence electrons. The topological polar surface area (TPSA) is 51.2 Å². The van der Waals surface area contributed by atoms with Gasteiger partial charge in [0.15, 0.2) is 17.3 Å². The normalized spacial score (nSPS) is 19.1. The number of ketones is 3. The lowest BCUT2D eigenvalue weighted by molar-refractivity contribution is -0.139. The van der Waals surface area contributed by atoms with E-state index in [1.165, 1.54) is 6.92 Å². The minimum Gasteiger partial charge on any atom is -0.298 e. The first-order chi connectivity index (χ1) is 8.06. The van der Waals surface area contributed by atoms with Crippen LogP contribution in [0.4, 0.5) is 0 Å². The second kappa shape index (κ2) is 4.24. The van der Waals surface area contributed by atoms with Gasteiger partial charge >= 0.3 is 0 Å². The van der Waals surface area contributed by atoms with Crippen LogP contribution in [-0.2, 0) is 9.59 Å². The third-order valence-electron chi connectivity index (χ3n) is 3.41. The number of Topliss-reactive ketones (excluding diaryl/α,β-unsaturated/α-hetero) is 3. The number of carbonyl (C=O) groups excluding carboxylic acids is 3. The molecule has 0 amide bonds. The number of hydrogen-bond acceptors (Lipinski definition) is 3. The highest BCUT2D eigenvalue weighted by molar-refractivity contribution is 6.29. The van der Waals surface area contributed by atoms with Crippen molar-refractivity contribution in [2.45, 2.75) is 26.2 Å². The van der Waals surface area contributed by atoms with Gasteiger partial charge in [-0.25, -0.2) is 0 Å². The predicted molar refractivity (Wildman–Crippen MR) is 62.7 cm³/mol. The van der Waals surface area contributed by atoms with E-state index >= 15 is 0 Å². The molecule has 0 saturated heterocycles. The SMILES string of the molecule is CC1(C(=O)c2ccccc2)C(=O)CCCC1=O. The Balaban J connectivity index is 2.41. The van der Waals surface area contributed by atoms with Crippen molar-refractivity contribution in [3.05, 3.63) is 35.9 Å². The second-order valence-corrected chi connectivity index (χ2v) is 4.52. The summed E-state index contributed by atoms with van der Waals surface area (Å²) in [6.07, 6.45) is 1.21. The Morgan fingerprint density at radius 3 is 2.12 bits per heavy atom. The fraction of sp³-hybridized carbons (Fsp3) is 0.357. The van der Waals surface area contributed by atoms with Crippen molar-refractivity contribution in [3.63, 3.8) is 0 Å². The van der Waals surface area contributed by atoms with Gasteiger partial charge in [-0.1, -0.05) is 30.3 Å². The van der Waals surface area contributed by atoms with Crippen LogP contribution >= 0.6 is 0 Å². The van der Waals surface area contributed by atoms with Crippen LogP contribution in [0.15, 0.2) is 30.3 Å². The molecule has 0 heterocycles. The molecule has 0 spiro atoms. The number of carbonyl (C=O) groups is 3. The summed E-state index contributed by atoms with van der Waals surface area (Å²) in [5.41, 5.74) is -1.03. The minimum atomic E-state index is -1.46. The zero-order valence-corrected chi connectivity index (χ0v) is 9.73. The lowest BCUT2D eigenvalue weighted by Crippen LogP contribution is -2.46. The van der Waals surface area contributed by atoms with E-state index in [-0.39, 0.29) is 17.3 Å². The van der Waals surface area contributed by atoms with Crippen molar-refractivity contribution in [1.82, 2.24) is 0 Å². The Kier molecular flexibility index (Phi) is 2.92. The molecule has 3 nitrogen and oxygen atoms in total. The fourth-order valence-corrected chi connectivity index (χ4v) is 2.20. The van der Waals surface area contributed by atoms with Gasteiger partial charge in [0.05, 0.1) is 0 Å². The molecule has 0 unspecified atom stereocenters. The summed E-state index contributed by atoms with van der Waals surface area (Å²) in [6.45, 7) is 1.46. The van der Waals surface area contributed by atoms with Gasteiger partial charge in [0.2, 0.25) is 0 Å². The lowest BCUT2D eigenvalue weighted by atomic mass is 9.69. The zero-order chi connectivity index (χ0) is 12.5. The largest absolute Gasteiger partial charge is 0.298 e. The van der Waals surface area contributed by atoms with Crippen LogP contribution in [0, 0.1) is 5.41 Å². The van der Waals surface area contributed by atoms with Crippen LogP contribution in [0.5, 0.6) is 0 Å². The van der Waals surface area contributed by atoms with E-state index < -0.39 is 5.41 Å². The molecule has 0 aromatic heterocycles. The molecule has 0 N–H and O–H groups in total. The van der Waals surface area contributed by atoms with E-state index in [1.807, 2.05) is 0 Å². The molecule has 1 aromatic carbocycles. The average Bonchev–Trinajstić information content (AvgIpc) is 2.36. The number of benzene rings is 1. The molecule has 0 atom stereocenters. The van der Waals surface area contributed by atoms with E-state index in [9.17, 15) is 14.4 Å². The van der Waals surface area contributed by atoms with Crippen LogP contribution < -0.4 is 0 Å². The molecule has 0 bridgehead atoms. The maximum absolute atomic E-state index is 12.3. The molecule has 1 aliphatic carbocycles. The maximum Gasteiger partial charge on any atom is 0.183 e. The van der Waals surface area contributed by atoms with Gasteiger partial charge in [0.1, 0.15) is 5.41 Å². The van der Waals surface area contributed by atoms with Gasteiger partial charge in [-0.3, -0.25) is 14.4 Å². The van der Waals surface area contributed by atoms with Gasteiger partial charge in [-0.2, -0.15) is 0 Å². The summed E-state index contributed by atoms with van der Waals surface area (Å²) in [4.78, 5) is 36.1.